The second kappa shape index (κ2) is 8.76. The molecule has 0 atom stereocenters. The first kappa shape index (κ1) is 17.6. The van der Waals surface area contributed by atoms with Gasteiger partial charge in [0.25, 0.3) is 0 Å². The van der Waals surface area contributed by atoms with Crippen LogP contribution in [0, 0.1) is 0 Å². The van der Waals surface area contributed by atoms with Crippen LogP contribution in [0.4, 0.5) is 0 Å². The summed E-state index contributed by atoms with van der Waals surface area (Å²) in [6.07, 6.45) is 2.09. The molecule has 1 aromatic carbocycles. The van der Waals surface area contributed by atoms with Crippen molar-refractivity contribution in [2.45, 2.75) is 31.1 Å². The van der Waals surface area contributed by atoms with Gasteiger partial charge < -0.3 is 9.84 Å². The lowest BCUT2D eigenvalue weighted by Crippen LogP contribution is -2.24. The number of aliphatic hydroxyl groups is 1. The van der Waals surface area contributed by atoms with Crippen LogP contribution in [0.1, 0.15) is 36.5 Å². The van der Waals surface area contributed by atoms with Crippen molar-refractivity contribution in [1.82, 2.24) is 4.72 Å². The second-order valence-corrected chi connectivity index (χ2v) is 6.19. The van der Waals surface area contributed by atoms with Crippen molar-refractivity contribution in [1.29, 1.82) is 0 Å². The number of carbonyl (C=O) groups is 1. The molecule has 2 N–H and O–H groups in total. The van der Waals surface area contributed by atoms with E-state index in [1.54, 1.807) is 6.92 Å². The Morgan fingerprint density at radius 2 is 1.86 bits per heavy atom. The molecule has 0 amide bonds. The summed E-state index contributed by atoms with van der Waals surface area (Å²) in [5, 5.41) is 8.64. The lowest BCUT2D eigenvalue weighted by molar-refractivity contribution is 0.0526. The first-order valence-corrected chi connectivity index (χ1v) is 8.37. The standard InChI is InChI=1S/C14H21NO5S/c1-2-20-14(17)12-6-8-13(9-7-12)21(18,19)15-10-4-3-5-11-16/h6-9,15-16H,2-5,10-11H2,1H3. The predicted octanol–water partition coefficient (Wildman–Crippen LogP) is 1.30. The minimum absolute atomic E-state index is 0.109. The minimum Gasteiger partial charge on any atom is -0.462 e. The number of rotatable bonds is 9. The van der Waals surface area contributed by atoms with Crippen LogP contribution >= 0.6 is 0 Å². The number of nitrogens with one attached hydrogen (secondary N) is 1. The van der Waals surface area contributed by atoms with Crippen molar-refractivity contribution in [2.75, 3.05) is 19.8 Å². The van der Waals surface area contributed by atoms with Crippen molar-refractivity contribution >= 4 is 16.0 Å². The molecular weight excluding hydrogens is 294 g/mol. The fourth-order valence-electron chi connectivity index (χ4n) is 1.69. The number of ether oxygens (including phenoxy) is 1. The van der Waals surface area contributed by atoms with E-state index in [0.29, 0.717) is 24.9 Å². The van der Waals surface area contributed by atoms with Crippen molar-refractivity contribution in [3.05, 3.63) is 29.8 Å². The Bertz CT molecular complexity index is 539. The van der Waals surface area contributed by atoms with Gasteiger partial charge in [-0.15, -0.1) is 0 Å². The Kier molecular flexibility index (Phi) is 7.35. The van der Waals surface area contributed by atoms with Crippen LogP contribution < -0.4 is 4.72 Å². The molecule has 1 aromatic rings. The van der Waals surface area contributed by atoms with Gasteiger partial charge in [-0.25, -0.2) is 17.9 Å². The van der Waals surface area contributed by atoms with E-state index in [2.05, 4.69) is 4.72 Å². The van der Waals surface area contributed by atoms with Gasteiger partial charge in [-0.1, -0.05) is 0 Å². The highest BCUT2D eigenvalue weighted by atomic mass is 32.2. The van der Waals surface area contributed by atoms with Crippen LogP contribution in [0.25, 0.3) is 0 Å². The molecule has 0 heterocycles. The fraction of sp³-hybridized carbons (Fsp3) is 0.500. The predicted molar refractivity (Wildman–Crippen MR) is 78.5 cm³/mol. The number of aliphatic hydroxyl groups excluding tert-OH is 1. The van der Waals surface area contributed by atoms with Gasteiger partial charge in [0, 0.05) is 13.2 Å². The molecule has 0 aromatic heterocycles. The first-order valence-electron chi connectivity index (χ1n) is 6.89. The largest absolute Gasteiger partial charge is 0.462 e. The molecular formula is C14H21NO5S. The van der Waals surface area contributed by atoms with E-state index in [1.165, 1.54) is 24.3 Å². The van der Waals surface area contributed by atoms with Crippen molar-refractivity contribution < 1.29 is 23.1 Å². The second-order valence-electron chi connectivity index (χ2n) is 4.43. The summed E-state index contributed by atoms with van der Waals surface area (Å²) in [5.41, 5.74) is 0.318. The number of benzene rings is 1. The number of hydrogen-bond acceptors (Lipinski definition) is 5. The van der Waals surface area contributed by atoms with Crippen molar-refractivity contribution in [2.24, 2.45) is 0 Å². The zero-order valence-corrected chi connectivity index (χ0v) is 12.9. The average Bonchev–Trinajstić information content (AvgIpc) is 2.47. The van der Waals surface area contributed by atoms with Gasteiger partial charge in [-0.2, -0.15) is 0 Å². The zero-order valence-electron chi connectivity index (χ0n) is 12.0. The third-order valence-corrected chi connectivity index (χ3v) is 4.28. The van der Waals surface area contributed by atoms with Crippen molar-refractivity contribution in [3.63, 3.8) is 0 Å². The molecule has 0 bridgehead atoms. The summed E-state index contributed by atoms with van der Waals surface area (Å²) < 4.78 is 31.3. The molecule has 0 saturated heterocycles. The summed E-state index contributed by atoms with van der Waals surface area (Å²) in [7, 11) is -3.57. The molecule has 0 aliphatic carbocycles. The highest BCUT2D eigenvalue weighted by molar-refractivity contribution is 7.89. The molecule has 1 rings (SSSR count). The van der Waals surface area contributed by atoms with Gasteiger partial charge in [0.05, 0.1) is 17.1 Å². The Morgan fingerprint density at radius 1 is 1.19 bits per heavy atom. The van der Waals surface area contributed by atoms with Gasteiger partial charge in [0.1, 0.15) is 0 Å². The van der Waals surface area contributed by atoms with Crippen molar-refractivity contribution in [3.8, 4) is 0 Å². The Hall–Kier alpha value is -1.44. The number of sulfonamides is 1. The summed E-state index contributed by atoms with van der Waals surface area (Å²) in [6, 6.07) is 5.61. The molecule has 0 radical (unpaired) electrons. The molecule has 0 aliphatic rings. The zero-order chi connectivity index (χ0) is 15.7. The highest BCUT2D eigenvalue weighted by Gasteiger charge is 2.14. The molecule has 21 heavy (non-hydrogen) atoms. The quantitative estimate of drug-likeness (QED) is 0.529. The maximum atomic E-state index is 12.0. The van der Waals surface area contributed by atoms with E-state index >= 15 is 0 Å². The maximum absolute atomic E-state index is 12.0. The summed E-state index contributed by atoms with van der Waals surface area (Å²) >= 11 is 0. The van der Waals surface area contributed by atoms with Crippen LogP contribution in [0.2, 0.25) is 0 Å². The Labute approximate surface area is 125 Å². The van der Waals surface area contributed by atoms with Crippen LogP contribution in [0.15, 0.2) is 29.2 Å². The van der Waals surface area contributed by atoms with Gasteiger partial charge in [-0.3, -0.25) is 0 Å². The lowest BCUT2D eigenvalue weighted by atomic mass is 10.2. The number of esters is 1. The van der Waals surface area contributed by atoms with Gasteiger partial charge in [-0.05, 0) is 50.5 Å². The average molecular weight is 315 g/mol. The van der Waals surface area contributed by atoms with E-state index in [4.69, 9.17) is 9.84 Å². The Morgan fingerprint density at radius 3 is 2.43 bits per heavy atom. The Balaban J connectivity index is 2.61. The first-order chi connectivity index (χ1) is 10.0. The fourth-order valence-corrected chi connectivity index (χ4v) is 2.76. The van der Waals surface area contributed by atoms with Crippen LogP contribution in [-0.4, -0.2) is 39.3 Å². The minimum atomic E-state index is -3.57. The number of carbonyl (C=O) groups excluding carboxylic acids is 1. The van der Waals surface area contributed by atoms with Crippen LogP contribution in [-0.2, 0) is 14.8 Å². The molecule has 0 fully saturated rings. The van der Waals surface area contributed by atoms with E-state index in [0.717, 1.165) is 6.42 Å². The van der Waals surface area contributed by atoms with E-state index in [9.17, 15) is 13.2 Å². The third-order valence-electron chi connectivity index (χ3n) is 2.80. The van der Waals surface area contributed by atoms with Gasteiger partial charge in [0.2, 0.25) is 10.0 Å². The van der Waals surface area contributed by atoms with E-state index < -0.39 is 16.0 Å². The molecule has 0 unspecified atom stereocenters. The maximum Gasteiger partial charge on any atom is 0.338 e. The SMILES string of the molecule is CCOC(=O)c1ccc(S(=O)(=O)NCCCCCO)cc1. The monoisotopic (exact) mass is 315 g/mol. The number of hydrogen-bond donors (Lipinski definition) is 2. The van der Waals surface area contributed by atoms with E-state index in [-0.39, 0.29) is 18.1 Å². The summed E-state index contributed by atoms with van der Waals surface area (Å²) in [4.78, 5) is 11.6. The summed E-state index contributed by atoms with van der Waals surface area (Å²) in [6.45, 7) is 2.41. The number of unbranched alkanes of at least 4 members (excludes halogenated alkanes) is 2. The lowest BCUT2D eigenvalue weighted by Gasteiger charge is -2.07. The molecule has 0 spiro atoms. The molecule has 0 aliphatic heterocycles. The topological polar surface area (TPSA) is 92.7 Å². The molecule has 118 valence electrons. The van der Waals surface area contributed by atoms with Crippen LogP contribution in [0.3, 0.4) is 0 Å². The summed E-state index contributed by atoms with van der Waals surface area (Å²) in [5.74, 6) is -0.474. The highest BCUT2D eigenvalue weighted by Crippen LogP contribution is 2.11. The van der Waals surface area contributed by atoms with Crippen LogP contribution in [0.5, 0.6) is 0 Å². The van der Waals surface area contributed by atoms with Gasteiger partial charge in [0.15, 0.2) is 0 Å². The molecule has 6 nitrogen and oxygen atoms in total. The normalized spacial score (nSPS) is 11.3. The smallest absolute Gasteiger partial charge is 0.338 e. The van der Waals surface area contributed by atoms with E-state index in [1.807, 2.05) is 0 Å². The third kappa shape index (κ3) is 5.82. The molecule has 0 saturated carbocycles. The van der Waals surface area contributed by atoms with Gasteiger partial charge >= 0.3 is 5.97 Å². The molecule has 7 heteroatoms.